The summed E-state index contributed by atoms with van der Waals surface area (Å²) in [5, 5.41) is 0. The van der Waals surface area contributed by atoms with Gasteiger partial charge in [0.1, 0.15) is 35.2 Å². The monoisotopic (exact) mass is 334 g/mol. The summed E-state index contributed by atoms with van der Waals surface area (Å²) >= 11 is 0. The van der Waals surface area contributed by atoms with E-state index in [1.165, 1.54) is 13.2 Å². The number of benzene rings is 1. The molecule has 0 atom stereocenters. The van der Waals surface area contributed by atoms with Crippen LogP contribution in [0.4, 0.5) is 0 Å². The highest BCUT2D eigenvalue weighted by molar-refractivity contribution is 5.90. The fourth-order valence-corrected chi connectivity index (χ4v) is 1.93. The Labute approximate surface area is 139 Å². The Balaban J connectivity index is 1.81. The summed E-state index contributed by atoms with van der Waals surface area (Å²) in [6.07, 6.45) is 0. The third kappa shape index (κ3) is 4.52. The zero-order chi connectivity index (χ0) is 17.5. The van der Waals surface area contributed by atoms with E-state index >= 15 is 0 Å². The van der Waals surface area contributed by atoms with E-state index in [1.807, 2.05) is 0 Å². The van der Waals surface area contributed by atoms with Crippen LogP contribution in [0.2, 0.25) is 0 Å². The lowest BCUT2D eigenvalue weighted by molar-refractivity contribution is -0.147. The summed E-state index contributed by atoms with van der Waals surface area (Å²) in [6.45, 7) is 1.29. The highest BCUT2D eigenvalue weighted by Gasteiger charge is 2.16. The molecule has 0 unspecified atom stereocenters. The predicted molar refractivity (Wildman–Crippen MR) is 83.1 cm³/mol. The number of aryl methyl sites for hydroxylation is 1. The summed E-state index contributed by atoms with van der Waals surface area (Å²) in [4.78, 5) is 23.2. The molecule has 0 aliphatic rings. The van der Waals surface area contributed by atoms with Gasteiger partial charge in [0, 0.05) is 0 Å². The molecule has 0 saturated carbocycles. The Morgan fingerprint density at radius 1 is 1.08 bits per heavy atom. The lowest BCUT2D eigenvalue weighted by atomic mass is 10.2. The van der Waals surface area contributed by atoms with E-state index in [-0.39, 0.29) is 13.2 Å². The number of carbonyl (C=O) groups is 2. The van der Waals surface area contributed by atoms with Gasteiger partial charge in [-0.25, -0.2) is 9.59 Å². The first-order valence-corrected chi connectivity index (χ1v) is 7.13. The molecule has 7 heteroatoms. The van der Waals surface area contributed by atoms with Crippen molar-refractivity contribution in [1.29, 1.82) is 0 Å². The van der Waals surface area contributed by atoms with Crippen molar-refractivity contribution in [1.82, 2.24) is 0 Å². The SMILES string of the molecule is COC(=O)c1cc(COC(=O)COc2ccc(OC)cc2)oc1C. The molecule has 0 bridgehead atoms. The van der Waals surface area contributed by atoms with E-state index in [2.05, 4.69) is 4.74 Å². The van der Waals surface area contributed by atoms with Crippen LogP contribution in [0.25, 0.3) is 0 Å². The van der Waals surface area contributed by atoms with Crippen LogP contribution < -0.4 is 9.47 Å². The van der Waals surface area contributed by atoms with Crippen LogP contribution in [0.5, 0.6) is 11.5 Å². The molecule has 1 aromatic carbocycles. The highest BCUT2D eigenvalue weighted by Crippen LogP contribution is 2.18. The Kier molecular flexibility index (Phi) is 5.83. The Morgan fingerprint density at radius 2 is 1.75 bits per heavy atom. The smallest absolute Gasteiger partial charge is 0.344 e. The standard InChI is InChI=1S/C17H18O7/c1-11-15(17(19)21-3)8-14(24-11)9-23-16(18)10-22-13-6-4-12(20-2)5-7-13/h4-8H,9-10H2,1-3H3. The lowest BCUT2D eigenvalue weighted by Gasteiger charge is -2.06. The van der Waals surface area contributed by atoms with Crippen LogP contribution >= 0.6 is 0 Å². The minimum atomic E-state index is -0.556. The molecule has 0 aliphatic heterocycles. The third-order valence-electron chi connectivity index (χ3n) is 3.17. The van der Waals surface area contributed by atoms with Gasteiger partial charge in [-0.15, -0.1) is 0 Å². The molecule has 0 saturated heterocycles. The quantitative estimate of drug-likeness (QED) is 0.719. The maximum Gasteiger partial charge on any atom is 0.344 e. The first kappa shape index (κ1) is 17.4. The molecule has 0 spiro atoms. The predicted octanol–water partition coefficient (Wildman–Crippen LogP) is 2.51. The van der Waals surface area contributed by atoms with Crippen LogP contribution in [-0.4, -0.2) is 32.8 Å². The van der Waals surface area contributed by atoms with E-state index in [0.717, 1.165) is 0 Å². The fourth-order valence-electron chi connectivity index (χ4n) is 1.93. The normalized spacial score (nSPS) is 10.1. The molecular formula is C17H18O7. The Bertz CT molecular complexity index is 700. The Hall–Kier alpha value is -2.96. The van der Waals surface area contributed by atoms with Gasteiger partial charge in [0.05, 0.1) is 14.2 Å². The maximum absolute atomic E-state index is 11.7. The summed E-state index contributed by atoms with van der Waals surface area (Å²) in [5.41, 5.74) is 0.304. The van der Waals surface area contributed by atoms with Gasteiger partial charge in [0.2, 0.25) is 0 Å². The average Bonchev–Trinajstić information content (AvgIpc) is 2.98. The first-order valence-electron chi connectivity index (χ1n) is 7.13. The molecule has 0 fully saturated rings. The summed E-state index contributed by atoms with van der Waals surface area (Å²) < 4.78 is 25.3. The number of hydrogen-bond donors (Lipinski definition) is 0. The van der Waals surface area contributed by atoms with Gasteiger partial charge < -0.3 is 23.4 Å². The first-order chi connectivity index (χ1) is 11.5. The molecule has 0 N–H and O–H groups in total. The molecule has 1 aromatic heterocycles. The summed E-state index contributed by atoms with van der Waals surface area (Å²) in [7, 11) is 2.85. The minimum Gasteiger partial charge on any atom is -0.497 e. The van der Waals surface area contributed by atoms with E-state index in [1.54, 1.807) is 38.3 Å². The van der Waals surface area contributed by atoms with E-state index < -0.39 is 11.9 Å². The number of methoxy groups -OCH3 is 2. The van der Waals surface area contributed by atoms with Crippen LogP contribution in [0.1, 0.15) is 21.9 Å². The second kappa shape index (κ2) is 8.05. The summed E-state index contributed by atoms with van der Waals surface area (Å²) in [6, 6.07) is 8.30. The van der Waals surface area contributed by atoms with Crippen molar-refractivity contribution in [2.24, 2.45) is 0 Å². The number of esters is 2. The topological polar surface area (TPSA) is 84.2 Å². The second-order valence-corrected chi connectivity index (χ2v) is 4.80. The van der Waals surface area contributed by atoms with Crippen LogP contribution in [0, 0.1) is 6.92 Å². The van der Waals surface area contributed by atoms with Crippen molar-refractivity contribution in [2.75, 3.05) is 20.8 Å². The molecule has 0 aliphatic carbocycles. The minimum absolute atomic E-state index is 0.0946. The highest BCUT2D eigenvalue weighted by atomic mass is 16.6. The van der Waals surface area contributed by atoms with E-state index in [9.17, 15) is 9.59 Å². The molecule has 2 rings (SSSR count). The number of furan rings is 1. The zero-order valence-electron chi connectivity index (χ0n) is 13.7. The molecular weight excluding hydrogens is 316 g/mol. The number of carbonyl (C=O) groups excluding carboxylic acids is 2. The van der Waals surface area contributed by atoms with E-state index in [0.29, 0.717) is 28.6 Å². The van der Waals surface area contributed by atoms with Crippen molar-refractivity contribution in [3.05, 3.63) is 47.4 Å². The molecule has 24 heavy (non-hydrogen) atoms. The van der Waals surface area contributed by atoms with Crippen molar-refractivity contribution in [3.63, 3.8) is 0 Å². The van der Waals surface area contributed by atoms with Crippen molar-refractivity contribution in [3.8, 4) is 11.5 Å². The average molecular weight is 334 g/mol. The van der Waals surface area contributed by atoms with Crippen molar-refractivity contribution in [2.45, 2.75) is 13.5 Å². The van der Waals surface area contributed by atoms with Gasteiger partial charge in [-0.3, -0.25) is 0 Å². The lowest BCUT2D eigenvalue weighted by Crippen LogP contribution is -2.14. The summed E-state index contributed by atoms with van der Waals surface area (Å²) in [5.74, 6) is 0.915. The molecule has 0 amide bonds. The zero-order valence-corrected chi connectivity index (χ0v) is 13.7. The number of rotatable bonds is 7. The Morgan fingerprint density at radius 3 is 2.38 bits per heavy atom. The van der Waals surface area contributed by atoms with Crippen molar-refractivity contribution < 1.29 is 33.0 Å². The van der Waals surface area contributed by atoms with Crippen molar-refractivity contribution >= 4 is 11.9 Å². The van der Waals surface area contributed by atoms with Gasteiger partial charge in [0.15, 0.2) is 6.61 Å². The molecule has 7 nitrogen and oxygen atoms in total. The van der Waals surface area contributed by atoms with Crippen LogP contribution in [-0.2, 0) is 20.9 Å². The van der Waals surface area contributed by atoms with E-state index in [4.69, 9.17) is 18.6 Å². The molecule has 1 heterocycles. The fraction of sp³-hybridized carbons (Fsp3) is 0.294. The van der Waals surface area contributed by atoms with Gasteiger partial charge in [0.25, 0.3) is 0 Å². The van der Waals surface area contributed by atoms with Gasteiger partial charge in [-0.05, 0) is 37.3 Å². The van der Waals surface area contributed by atoms with Gasteiger partial charge in [-0.1, -0.05) is 0 Å². The van der Waals surface area contributed by atoms with Gasteiger partial charge in [-0.2, -0.15) is 0 Å². The number of hydrogen-bond acceptors (Lipinski definition) is 7. The van der Waals surface area contributed by atoms with Crippen LogP contribution in [0.3, 0.4) is 0 Å². The molecule has 128 valence electrons. The maximum atomic E-state index is 11.7. The second-order valence-electron chi connectivity index (χ2n) is 4.80. The van der Waals surface area contributed by atoms with Crippen LogP contribution in [0.15, 0.2) is 34.7 Å². The number of ether oxygens (including phenoxy) is 4. The molecule has 2 aromatic rings. The third-order valence-corrected chi connectivity index (χ3v) is 3.17. The largest absolute Gasteiger partial charge is 0.497 e. The van der Waals surface area contributed by atoms with Gasteiger partial charge >= 0.3 is 11.9 Å². The molecule has 0 radical (unpaired) electrons.